The van der Waals surface area contributed by atoms with Crippen LogP contribution in [0.2, 0.25) is 0 Å². The van der Waals surface area contributed by atoms with Crippen molar-refractivity contribution in [1.82, 2.24) is 5.32 Å². The molecule has 2 amide bonds. The molecule has 1 aromatic rings. The summed E-state index contributed by atoms with van der Waals surface area (Å²) in [6, 6.07) is 8.58. The molecule has 0 unspecified atom stereocenters. The molecule has 0 aromatic heterocycles. The molecule has 1 aliphatic heterocycles. The molecule has 2 aliphatic rings. The number of carbonyl (C=O) groups is 1. The lowest BCUT2D eigenvalue weighted by atomic mass is 9.85. The Morgan fingerprint density at radius 2 is 1.84 bits per heavy atom. The molecule has 102 valence electrons. The number of nitrogens with zero attached hydrogens (tertiary/aromatic N) is 1. The van der Waals surface area contributed by atoms with Crippen molar-refractivity contribution in [3.05, 3.63) is 29.8 Å². The number of urea groups is 1. The van der Waals surface area contributed by atoms with Crippen molar-refractivity contribution in [1.29, 1.82) is 0 Å². The first kappa shape index (κ1) is 12.5. The topological polar surface area (TPSA) is 32.3 Å². The first-order valence-corrected chi connectivity index (χ1v) is 7.47. The normalized spacial score (nSPS) is 20.6. The van der Waals surface area contributed by atoms with Gasteiger partial charge in [0.2, 0.25) is 0 Å². The van der Waals surface area contributed by atoms with Crippen LogP contribution in [0.5, 0.6) is 0 Å². The largest absolute Gasteiger partial charge is 0.336 e. The number of hydrogen-bond acceptors (Lipinski definition) is 1. The molecule has 1 aromatic carbocycles. The number of carbonyl (C=O) groups excluding carboxylic acids is 1. The van der Waals surface area contributed by atoms with Gasteiger partial charge >= 0.3 is 6.03 Å². The average Bonchev–Trinajstić information content (AvgIpc) is 2.87. The van der Waals surface area contributed by atoms with Crippen LogP contribution >= 0.6 is 0 Å². The molecular weight excluding hydrogens is 236 g/mol. The van der Waals surface area contributed by atoms with Crippen LogP contribution in [0.25, 0.3) is 0 Å². The Labute approximate surface area is 115 Å². The summed E-state index contributed by atoms with van der Waals surface area (Å²) in [7, 11) is 0. The Morgan fingerprint density at radius 3 is 2.47 bits per heavy atom. The summed E-state index contributed by atoms with van der Waals surface area (Å²) in [5, 5.41) is 2.84. The highest BCUT2D eigenvalue weighted by molar-refractivity contribution is 5.93. The molecule has 2 fully saturated rings. The molecular formula is C16H22N2O. The van der Waals surface area contributed by atoms with Gasteiger partial charge in [-0.1, -0.05) is 44.2 Å². The maximum atomic E-state index is 11.6. The number of rotatable bonds is 3. The number of amides is 2. The molecule has 1 N–H and O–H groups in total. The first-order chi connectivity index (χ1) is 9.33. The molecule has 1 saturated heterocycles. The van der Waals surface area contributed by atoms with Crippen molar-refractivity contribution in [3.63, 3.8) is 0 Å². The van der Waals surface area contributed by atoms with E-state index in [1.165, 1.54) is 44.1 Å². The molecule has 0 radical (unpaired) electrons. The second-order valence-corrected chi connectivity index (χ2v) is 5.76. The minimum Gasteiger partial charge on any atom is -0.336 e. The van der Waals surface area contributed by atoms with Crippen molar-refractivity contribution >= 4 is 11.7 Å². The van der Waals surface area contributed by atoms with Crippen molar-refractivity contribution in [2.45, 2.75) is 38.5 Å². The number of hydrogen-bond donors (Lipinski definition) is 1. The Bertz CT molecular complexity index is 435. The third-order valence-electron chi connectivity index (χ3n) is 4.35. The van der Waals surface area contributed by atoms with Crippen LogP contribution < -0.4 is 10.2 Å². The zero-order valence-electron chi connectivity index (χ0n) is 11.4. The van der Waals surface area contributed by atoms with Crippen LogP contribution in [0.4, 0.5) is 10.5 Å². The van der Waals surface area contributed by atoms with Crippen molar-refractivity contribution in [2.24, 2.45) is 5.92 Å². The molecule has 0 bridgehead atoms. The Morgan fingerprint density at radius 1 is 1.11 bits per heavy atom. The van der Waals surface area contributed by atoms with Gasteiger partial charge in [-0.25, -0.2) is 4.79 Å². The lowest BCUT2D eigenvalue weighted by Gasteiger charge is -2.22. The van der Waals surface area contributed by atoms with Gasteiger partial charge in [-0.05, 0) is 30.0 Å². The summed E-state index contributed by atoms with van der Waals surface area (Å²) < 4.78 is 0. The summed E-state index contributed by atoms with van der Waals surface area (Å²) in [5.41, 5.74) is 2.43. The van der Waals surface area contributed by atoms with E-state index in [9.17, 15) is 4.79 Å². The van der Waals surface area contributed by atoms with Crippen LogP contribution in [0.1, 0.15) is 37.7 Å². The van der Waals surface area contributed by atoms with E-state index in [2.05, 4.69) is 29.6 Å². The fraction of sp³-hybridized carbons (Fsp3) is 0.562. The summed E-state index contributed by atoms with van der Waals surface area (Å²) in [5.74, 6) is 0.870. The summed E-state index contributed by atoms with van der Waals surface area (Å²) in [6.45, 7) is 1.53. The van der Waals surface area contributed by atoms with Crippen LogP contribution in [-0.2, 0) is 6.42 Å². The van der Waals surface area contributed by atoms with E-state index in [1.54, 1.807) is 0 Å². The number of nitrogens with one attached hydrogen (secondary N) is 1. The van der Waals surface area contributed by atoms with E-state index in [1.807, 2.05) is 4.90 Å². The molecule has 0 atom stereocenters. The number of benzene rings is 1. The van der Waals surface area contributed by atoms with E-state index < -0.39 is 0 Å². The molecule has 3 rings (SSSR count). The fourth-order valence-corrected chi connectivity index (χ4v) is 3.25. The zero-order chi connectivity index (χ0) is 13.1. The predicted octanol–water partition coefficient (Wildman–Crippen LogP) is 3.34. The SMILES string of the molecule is O=C1NCCN1c1ccc(CC2CCCCC2)cc1. The maximum absolute atomic E-state index is 11.6. The van der Waals surface area contributed by atoms with Gasteiger partial charge in [0.05, 0.1) is 0 Å². The Hall–Kier alpha value is -1.51. The molecule has 3 heteroatoms. The van der Waals surface area contributed by atoms with E-state index >= 15 is 0 Å². The second-order valence-electron chi connectivity index (χ2n) is 5.76. The van der Waals surface area contributed by atoms with Crippen LogP contribution in [-0.4, -0.2) is 19.1 Å². The standard InChI is InChI=1S/C16H22N2O/c19-16-17-10-11-18(16)15-8-6-14(7-9-15)12-13-4-2-1-3-5-13/h6-9,13H,1-5,10-12H2,(H,17,19). The lowest BCUT2D eigenvalue weighted by Crippen LogP contribution is -2.27. The molecule has 1 saturated carbocycles. The summed E-state index contributed by atoms with van der Waals surface area (Å²) >= 11 is 0. The van der Waals surface area contributed by atoms with Gasteiger partial charge in [-0.2, -0.15) is 0 Å². The maximum Gasteiger partial charge on any atom is 0.321 e. The Kier molecular flexibility index (Phi) is 3.72. The van der Waals surface area contributed by atoms with Crippen LogP contribution in [0.3, 0.4) is 0 Å². The Balaban J connectivity index is 1.63. The van der Waals surface area contributed by atoms with Crippen molar-refractivity contribution in [2.75, 3.05) is 18.0 Å². The van der Waals surface area contributed by atoms with Gasteiger partial charge in [0.15, 0.2) is 0 Å². The molecule has 3 nitrogen and oxygen atoms in total. The summed E-state index contributed by atoms with van der Waals surface area (Å²) in [4.78, 5) is 13.4. The van der Waals surface area contributed by atoms with Crippen LogP contribution in [0.15, 0.2) is 24.3 Å². The predicted molar refractivity (Wildman–Crippen MR) is 77.5 cm³/mol. The van der Waals surface area contributed by atoms with Gasteiger partial charge in [-0.3, -0.25) is 4.90 Å². The van der Waals surface area contributed by atoms with E-state index in [0.717, 1.165) is 24.7 Å². The third-order valence-corrected chi connectivity index (χ3v) is 4.35. The fourth-order valence-electron chi connectivity index (χ4n) is 3.25. The summed E-state index contributed by atoms with van der Waals surface area (Å²) in [6.07, 6.45) is 8.19. The van der Waals surface area contributed by atoms with E-state index in [4.69, 9.17) is 0 Å². The third kappa shape index (κ3) is 2.91. The zero-order valence-corrected chi connectivity index (χ0v) is 11.4. The van der Waals surface area contributed by atoms with E-state index in [-0.39, 0.29) is 6.03 Å². The van der Waals surface area contributed by atoms with Crippen LogP contribution in [0, 0.1) is 5.92 Å². The average molecular weight is 258 g/mol. The molecule has 19 heavy (non-hydrogen) atoms. The highest BCUT2D eigenvalue weighted by Crippen LogP contribution is 2.27. The van der Waals surface area contributed by atoms with Gasteiger partial charge in [0, 0.05) is 18.8 Å². The smallest absolute Gasteiger partial charge is 0.321 e. The van der Waals surface area contributed by atoms with Gasteiger partial charge in [0.25, 0.3) is 0 Å². The second kappa shape index (κ2) is 5.64. The lowest BCUT2D eigenvalue weighted by molar-refractivity contribution is 0.252. The number of anilines is 1. The molecule has 1 aliphatic carbocycles. The first-order valence-electron chi connectivity index (χ1n) is 7.47. The van der Waals surface area contributed by atoms with E-state index in [0.29, 0.717) is 0 Å². The van der Waals surface area contributed by atoms with Crippen molar-refractivity contribution < 1.29 is 4.79 Å². The highest BCUT2D eigenvalue weighted by Gasteiger charge is 2.21. The quantitative estimate of drug-likeness (QED) is 0.886. The molecule has 0 spiro atoms. The highest BCUT2D eigenvalue weighted by atomic mass is 16.2. The van der Waals surface area contributed by atoms with Crippen molar-refractivity contribution in [3.8, 4) is 0 Å². The minimum absolute atomic E-state index is 0.0278. The monoisotopic (exact) mass is 258 g/mol. The minimum atomic E-state index is 0.0278. The van der Waals surface area contributed by atoms with Gasteiger partial charge in [-0.15, -0.1) is 0 Å². The molecule has 1 heterocycles. The van der Waals surface area contributed by atoms with Gasteiger partial charge in [0.1, 0.15) is 0 Å². The van der Waals surface area contributed by atoms with Gasteiger partial charge < -0.3 is 5.32 Å².